The molecule has 0 bridgehead atoms. The van der Waals surface area contributed by atoms with Crippen LogP contribution in [-0.4, -0.2) is 37.1 Å². The van der Waals surface area contributed by atoms with E-state index in [2.05, 4.69) is 10.4 Å². The second-order valence-corrected chi connectivity index (χ2v) is 5.46. The molecule has 1 N–H and O–H groups in total. The lowest BCUT2D eigenvalue weighted by Crippen LogP contribution is -2.20. The van der Waals surface area contributed by atoms with Gasteiger partial charge in [-0.2, -0.15) is 9.78 Å². The van der Waals surface area contributed by atoms with Crippen LogP contribution in [0.1, 0.15) is 5.56 Å². The van der Waals surface area contributed by atoms with E-state index < -0.39 is 0 Å². The Morgan fingerprint density at radius 2 is 1.72 bits per heavy atom. The van der Waals surface area contributed by atoms with Crippen LogP contribution in [0.2, 0.25) is 0 Å². The first-order valence-corrected chi connectivity index (χ1v) is 7.63. The fourth-order valence-corrected chi connectivity index (χ4v) is 2.64. The van der Waals surface area contributed by atoms with Crippen molar-refractivity contribution >= 4 is 22.6 Å². The van der Waals surface area contributed by atoms with Gasteiger partial charge in [-0.05, 0) is 19.1 Å². The maximum absolute atomic E-state index is 12.6. The minimum Gasteiger partial charge on any atom is -0.493 e. The van der Waals surface area contributed by atoms with Crippen LogP contribution in [0.3, 0.4) is 0 Å². The largest absolute Gasteiger partial charge is 0.493 e. The van der Waals surface area contributed by atoms with Gasteiger partial charge in [0.2, 0.25) is 5.75 Å². The first-order chi connectivity index (χ1) is 12.1. The molecule has 3 rings (SSSR count). The summed E-state index contributed by atoms with van der Waals surface area (Å²) in [5, 5.41) is 7.87. The molecule has 7 heteroatoms. The summed E-state index contributed by atoms with van der Waals surface area (Å²) < 4.78 is 17.2. The van der Waals surface area contributed by atoms with E-state index in [1.807, 2.05) is 25.1 Å². The minimum atomic E-state index is -0.381. The molecule has 7 nitrogen and oxygen atoms in total. The van der Waals surface area contributed by atoms with Crippen molar-refractivity contribution in [3.63, 3.8) is 0 Å². The summed E-state index contributed by atoms with van der Waals surface area (Å²) >= 11 is 0. The molecule has 25 heavy (non-hydrogen) atoms. The molecule has 3 aromatic rings. The summed E-state index contributed by atoms with van der Waals surface area (Å²) in [5.74, 6) is 1.37. The Hall–Kier alpha value is -3.22. The molecule has 0 fully saturated rings. The number of hydrogen-bond donors (Lipinski definition) is 1. The Bertz CT molecular complexity index is 908. The summed E-state index contributed by atoms with van der Waals surface area (Å²) in [5.41, 5.74) is 2.35. The highest BCUT2D eigenvalue weighted by atomic mass is 16.5. The molecule has 0 saturated heterocycles. The number of anilines is 1. The molecule has 0 unspecified atom stereocenters. The lowest BCUT2D eigenvalue weighted by molar-refractivity contribution is 0.251. The maximum Gasteiger partial charge on any atom is 0.347 e. The Balaban J connectivity index is 1.94. The van der Waals surface area contributed by atoms with E-state index >= 15 is 0 Å². The monoisotopic (exact) mass is 341 g/mol. The van der Waals surface area contributed by atoms with Gasteiger partial charge >= 0.3 is 6.03 Å². The fourth-order valence-electron chi connectivity index (χ4n) is 2.64. The standard InChI is InChI=1S/C18H19N3O4/c1-11-5-6-14-12(7-11)10-19-21(14)18(22)20-13-8-15(23-2)17(25-4)16(9-13)24-3/h5-10H,1-4H3,(H,20,22). The third-order valence-corrected chi connectivity index (χ3v) is 3.83. The van der Waals surface area contributed by atoms with E-state index in [0.29, 0.717) is 22.9 Å². The summed E-state index contributed by atoms with van der Waals surface area (Å²) in [6, 6.07) is 8.73. The van der Waals surface area contributed by atoms with Crippen molar-refractivity contribution in [1.82, 2.24) is 9.78 Å². The quantitative estimate of drug-likeness (QED) is 0.787. The SMILES string of the molecule is COc1cc(NC(=O)n2ncc3cc(C)ccc32)cc(OC)c1OC. The number of nitrogens with zero attached hydrogens (tertiary/aromatic N) is 2. The molecule has 0 radical (unpaired) electrons. The lowest BCUT2D eigenvalue weighted by Gasteiger charge is -2.14. The second kappa shape index (κ2) is 6.72. The van der Waals surface area contributed by atoms with Crippen LogP contribution in [0.15, 0.2) is 36.5 Å². The molecule has 1 heterocycles. The number of benzene rings is 2. The molecule has 0 aliphatic rings. The molecular weight excluding hydrogens is 322 g/mol. The Morgan fingerprint density at radius 3 is 2.32 bits per heavy atom. The molecule has 0 atom stereocenters. The zero-order valence-electron chi connectivity index (χ0n) is 14.5. The van der Waals surface area contributed by atoms with Gasteiger partial charge in [0, 0.05) is 17.5 Å². The van der Waals surface area contributed by atoms with Crippen LogP contribution in [0, 0.1) is 6.92 Å². The molecule has 0 aliphatic heterocycles. The highest BCUT2D eigenvalue weighted by Gasteiger charge is 2.16. The van der Waals surface area contributed by atoms with Gasteiger partial charge in [0.1, 0.15) is 0 Å². The Kier molecular flexibility index (Phi) is 4.47. The molecule has 0 spiro atoms. The van der Waals surface area contributed by atoms with E-state index in [4.69, 9.17) is 14.2 Å². The van der Waals surface area contributed by atoms with Gasteiger partial charge in [-0.15, -0.1) is 0 Å². The number of methoxy groups -OCH3 is 3. The molecule has 130 valence electrons. The number of ether oxygens (including phenoxy) is 3. The van der Waals surface area contributed by atoms with Crippen LogP contribution in [0.5, 0.6) is 17.2 Å². The zero-order valence-corrected chi connectivity index (χ0v) is 14.5. The van der Waals surface area contributed by atoms with Crippen LogP contribution >= 0.6 is 0 Å². The highest BCUT2D eigenvalue weighted by Crippen LogP contribution is 2.39. The van der Waals surface area contributed by atoms with Crippen LogP contribution < -0.4 is 19.5 Å². The smallest absolute Gasteiger partial charge is 0.347 e. The van der Waals surface area contributed by atoms with Gasteiger partial charge in [0.25, 0.3) is 0 Å². The summed E-state index contributed by atoms with van der Waals surface area (Å²) in [7, 11) is 4.56. The fraction of sp³-hybridized carbons (Fsp3) is 0.222. The number of aromatic nitrogens is 2. The molecule has 2 aromatic carbocycles. The average Bonchev–Trinajstić information content (AvgIpc) is 3.03. The third-order valence-electron chi connectivity index (χ3n) is 3.83. The third kappa shape index (κ3) is 3.08. The summed E-state index contributed by atoms with van der Waals surface area (Å²) in [6.45, 7) is 1.99. The normalized spacial score (nSPS) is 10.6. The number of fused-ring (bicyclic) bond motifs is 1. The van der Waals surface area contributed by atoms with Crippen LogP contribution in [0.4, 0.5) is 10.5 Å². The topological polar surface area (TPSA) is 74.6 Å². The van der Waals surface area contributed by atoms with Gasteiger partial charge in [-0.3, -0.25) is 0 Å². The van der Waals surface area contributed by atoms with E-state index in [1.54, 1.807) is 18.3 Å². The summed E-state index contributed by atoms with van der Waals surface area (Å²) in [6.07, 6.45) is 1.66. The maximum atomic E-state index is 12.6. The van der Waals surface area contributed by atoms with Crippen LogP contribution in [0.25, 0.3) is 10.9 Å². The molecule has 0 saturated carbocycles. The highest BCUT2D eigenvalue weighted by molar-refractivity contribution is 5.97. The lowest BCUT2D eigenvalue weighted by atomic mass is 10.2. The van der Waals surface area contributed by atoms with Crippen molar-refractivity contribution in [2.75, 3.05) is 26.6 Å². The Labute approximate surface area is 145 Å². The number of rotatable bonds is 4. The number of amides is 1. The average molecular weight is 341 g/mol. The number of aryl methyl sites for hydroxylation is 1. The van der Waals surface area contributed by atoms with Gasteiger partial charge in [-0.1, -0.05) is 11.6 Å². The van der Waals surface area contributed by atoms with Crippen molar-refractivity contribution in [1.29, 1.82) is 0 Å². The molecule has 1 amide bonds. The van der Waals surface area contributed by atoms with Gasteiger partial charge in [-0.25, -0.2) is 4.79 Å². The van der Waals surface area contributed by atoms with Crippen molar-refractivity contribution in [2.45, 2.75) is 6.92 Å². The molecule has 0 aliphatic carbocycles. The first kappa shape index (κ1) is 16.6. The van der Waals surface area contributed by atoms with Crippen molar-refractivity contribution in [3.8, 4) is 17.2 Å². The van der Waals surface area contributed by atoms with Crippen molar-refractivity contribution in [3.05, 3.63) is 42.1 Å². The van der Waals surface area contributed by atoms with E-state index in [-0.39, 0.29) is 6.03 Å². The zero-order chi connectivity index (χ0) is 18.0. The predicted molar refractivity (Wildman–Crippen MR) is 95.0 cm³/mol. The predicted octanol–water partition coefficient (Wildman–Crippen LogP) is 3.45. The number of nitrogens with one attached hydrogen (secondary N) is 1. The van der Waals surface area contributed by atoms with Gasteiger partial charge in [0.05, 0.1) is 38.7 Å². The first-order valence-electron chi connectivity index (χ1n) is 7.63. The summed E-state index contributed by atoms with van der Waals surface area (Å²) in [4.78, 5) is 12.6. The second-order valence-electron chi connectivity index (χ2n) is 5.46. The molecular formula is C18H19N3O4. The minimum absolute atomic E-state index is 0.381. The number of carbonyl (C=O) groups excluding carboxylic acids is 1. The van der Waals surface area contributed by atoms with Crippen molar-refractivity contribution in [2.24, 2.45) is 0 Å². The van der Waals surface area contributed by atoms with E-state index in [9.17, 15) is 4.79 Å². The molecule has 1 aromatic heterocycles. The number of carbonyl (C=O) groups is 1. The van der Waals surface area contributed by atoms with Crippen molar-refractivity contribution < 1.29 is 19.0 Å². The van der Waals surface area contributed by atoms with E-state index in [0.717, 1.165) is 16.5 Å². The number of hydrogen-bond acceptors (Lipinski definition) is 5. The van der Waals surface area contributed by atoms with Crippen LogP contribution in [-0.2, 0) is 0 Å². The Morgan fingerprint density at radius 1 is 1.04 bits per heavy atom. The van der Waals surface area contributed by atoms with E-state index in [1.165, 1.54) is 26.0 Å². The van der Waals surface area contributed by atoms with Gasteiger partial charge < -0.3 is 19.5 Å². The van der Waals surface area contributed by atoms with Gasteiger partial charge in [0.15, 0.2) is 11.5 Å².